The van der Waals surface area contributed by atoms with Crippen LogP contribution in [0.5, 0.6) is 0 Å². The Morgan fingerprint density at radius 1 is 0.720 bits per heavy atom. The third-order valence-corrected chi connectivity index (χ3v) is 10.2. The molecule has 2 aliphatic heterocycles. The number of ether oxygens (including phenoxy) is 2. The average Bonchev–Trinajstić information content (AvgIpc) is 3.68. The largest absolute Gasteiger partial charge is 0.444 e. The molecule has 8 rings (SSSR count). The Bertz CT molecular complexity index is 1990. The van der Waals surface area contributed by atoms with E-state index >= 15 is 0 Å². The van der Waals surface area contributed by atoms with Gasteiger partial charge in [-0.3, -0.25) is 9.80 Å². The van der Waals surface area contributed by atoms with Crippen molar-refractivity contribution in [2.24, 2.45) is 11.8 Å². The molecule has 2 saturated heterocycles. The lowest BCUT2D eigenvalue weighted by Gasteiger charge is -2.29. The molecular weight excluding hydrogens is 630 g/mol. The summed E-state index contributed by atoms with van der Waals surface area (Å²) in [5.41, 5.74) is 4.66. The van der Waals surface area contributed by atoms with Crippen LogP contribution in [-0.4, -0.2) is 65.2 Å². The minimum atomic E-state index is -0.590. The van der Waals surface area contributed by atoms with Gasteiger partial charge >= 0.3 is 12.2 Å². The molecule has 11 nitrogen and oxygen atoms in total. The zero-order chi connectivity index (χ0) is 35.1. The maximum Gasteiger partial charge on any atom is 0.411 e. The Balaban J connectivity index is 0.967. The molecule has 2 aromatic heterocycles. The Kier molecular flexibility index (Phi) is 7.37. The molecule has 4 aromatic rings. The molecule has 2 aromatic carbocycles. The van der Waals surface area contributed by atoms with Crippen molar-refractivity contribution in [3.05, 3.63) is 72.1 Å². The van der Waals surface area contributed by atoms with Gasteiger partial charge < -0.3 is 19.4 Å². The molecule has 0 unspecified atom stereocenters. The fourth-order valence-corrected chi connectivity index (χ4v) is 7.72. The zero-order valence-electron chi connectivity index (χ0n) is 29.4. The van der Waals surface area contributed by atoms with Crippen molar-refractivity contribution in [1.82, 2.24) is 29.7 Å². The van der Waals surface area contributed by atoms with Gasteiger partial charge in [0.15, 0.2) is 5.69 Å². The van der Waals surface area contributed by atoms with E-state index in [2.05, 4.69) is 50.3 Å². The number of aromatic nitrogens is 4. The Morgan fingerprint density at radius 2 is 1.20 bits per heavy atom. The number of carbonyl (C=O) groups excluding carboxylic acids is 2. The van der Waals surface area contributed by atoms with Gasteiger partial charge in [0, 0.05) is 17.6 Å². The minimum Gasteiger partial charge on any atom is -0.444 e. The van der Waals surface area contributed by atoms with Gasteiger partial charge in [0.05, 0.1) is 29.7 Å². The lowest BCUT2D eigenvalue weighted by molar-refractivity contribution is 0.0164. The van der Waals surface area contributed by atoms with E-state index in [-0.39, 0.29) is 36.4 Å². The van der Waals surface area contributed by atoms with Crippen LogP contribution in [0.3, 0.4) is 0 Å². The monoisotopic (exact) mass is 673 g/mol. The summed E-state index contributed by atoms with van der Waals surface area (Å²) in [6.07, 6.45) is 4.95. The van der Waals surface area contributed by atoms with E-state index in [4.69, 9.17) is 9.47 Å². The van der Waals surface area contributed by atoms with Gasteiger partial charge in [0.2, 0.25) is 0 Å². The van der Waals surface area contributed by atoms with Gasteiger partial charge in [-0.1, -0.05) is 48.5 Å². The molecule has 6 atom stereocenters. The van der Waals surface area contributed by atoms with Crippen molar-refractivity contribution in [1.29, 1.82) is 5.26 Å². The van der Waals surface area contributed by atoms with Crippen LogP contribution in [0.25, 0.3) is 33.6 Å². The van der Waals surface area contributed by atoms with Crippen LogP contribution < -0.4 is 0 Å². The highest BCUT2D eigenvalue weighted by Gasteiger charge is 2.57. The Labute approximate surface area is 292 Å². The van der Waals surface area contributed by atoms with Crippen molar-refractivity contribution < 1.29 is 19.1 Å². The summed E-state index contributed by atoms with van der Waals surface area (Å²) in [7, 11) is 0. The normalized spacial score (nSPS) is 25.1. The molecule has 2 saturated carbocycles. The predicted molar refractivity (Wildman–Crippen MR) is 186 cm³/mol. The van der Waals surface area contributed by atoms with E-state index in [1.165, 1.54) is 0 Å². The first kappa shape index (κ1) is 32.1. The number of nitrogens with zero attached hydrogens (tertiary/aromatic N) is 5. The highest BCUT2D eigenvalue weighted by Crippen LogP contribution is 2.54. The molecule has 50 heavy (non-hydrogen) atoms. The summed E-state index contributed by atoms with van der Waals surface area (Å²) in [5.74, 6) is 2.37. The molecule has 11 heteroatoms. The SMILES string of the molecule is CC(C)(C)OC(=O)N1[C@@H]2C[C@@H]2C[C@H]1c1nc(C#N)c(-c2ccc(-c3ccc(-c4cnc([C@H]5C[C@@H]6C[C@@H]6N5C(=O)OC(C)(C)C)[nH]4)cc3)cc2)[nH]1. The Hall–Kier alpha value is -5.11. The van der Waals surface area contributed by atoms with Gasteiger partial charge in [0.25, 0.3) is 0 Å². The summed E-state index contributed by atoms with van der Waals surface area (Å²) in [6, 6.07) is 18.6. The maximum atomic E-state index is 13.1. The van der Waals surface area contributed by atoms with Crippen LogP contribution in [0.1, 0.15) is 96.7 Å². The van der Waals surface area contributed by atoms with E-state index in [0.29, 0.717) is 29.0 Å². The van der Waals surface area contributed by atoms with Gasteiger partial charge in [-0.05, 0) is 95.8 Å². The average molecular weight is 674 g/mol. The first-order valence-corrected chi connectivity index (χ1v) is 17.5. The quantitative estimate of drug-likeness (QED) is 0.218. The summed E-state index contributed by atoms with van der Waals surface area (Å²) in [4.78, 5) is 46.0. The molecule has 0 spiro atoms. The minimum absolute atomic E-state index is 0.111. The number of hydrogen-bond donors (Lipinski definition) is 2. The van der Waals surface area contributed by atoms with Crippen LogP contribution in [-0.2, 0) is 9.47 Å². The number of piperidine rings is 2. The predicted octanol–water partition coefficient (Wildman–Crippen LogP) is 8.15. The van der Waals surface area contributed by atoms with Crippen molar-refractivity contribution in [2.75, 3.05) is 0 Å². The molecule has 4 aliphatic rings. The van der Waals surface area contributed by atoms with Crippen LogP contribution >= 0.6 is 0 Å². The van der Waals surface area contributed by atoms with E-state index in [1.54, 1.807) is 0 Å². The fraction of sp³-hybridized carbons (Fsp3) is 0.462. The van der Waals surface area contributed by atoms with Crippen LogP contribution in [0.2, 0.25) is 0 Å². The number of amides is 2. The number of benzene rings is 2. The first-order chi connectivity index (χ1) is 23.8. The van der Waals surface area contributed by atoms with Crippen molar-refractivity contribution in [2.45, 2.75) is 103 Å². The van der Waals surface area contributed by atoms with Crippen molar-refractivity contribution in [3.8, 4) is 39.7 Å². The number of hydrogen-bond acceptors (Lipinski definition) is 7. The molecule has 258 valence electrons. The van der Waals surface area contributed by atoms with Crippen LogP contribution in [0.4, 0.5) is 9.59 Å². The van der Waals surface area contributed by atoms with Gasteiger partial charge in [0.1, 0.15) is 28.9 Å². The number of rotatable bonds is 5. The second kappa shape index (κ2) is 11.5. The van der Waals surface area contributed by atoms with Gasteiger partial charge in [-0.15, -0.1) is 0 Å². The van der Waals surface area contributed by atoms with Crippen LogP contribution in [0.15, 0.2) is 54.7 Å². The summed E-state index contributed by atoms with van der Waals surface area (Å²) in [6.45, 7) is 11.3. The molecular formula is C39H43N7O4. The highest BCUT2D eigenvalue weighted by atomic mass is 16.6. The fourth-order valence-electron chi connectivity index (χ4n) is 7.72. The molecule has 0 radical (unpaired) electrons. The van der Waals surface area contributed by atoms with Gasteiger partial charge in [-0.25, -0.2) is 19.6 Å². The number of aromatic amines is 2. The number of carbonyl (C=O) groups is 2. The third-order valence-electron chi connectivity index (χ3n) is 10.2. The number of likely N-dealkylation sites (tertiary alicyclic amines) is 2. The second-order valence-electron chi connectivity index (χ2n) is 16.2. The second-order valence-corrected chi connectivity index (χ2v) is 16.2. The van der Waals surface area contributed by atoms with E-state index in [9.17, 15) is 14.9 Å². The standard InChI is InChI=1S/C39H43N7O4/c1-38(2,3)49-36(47)45-29-15-25(29)17-31(45)34-41-20-28(43-34)23-11-7-21(8-12-23)22-9-13-24(14-10-22)33-27(19-40)42-35(44-33)32-18-26-16-30(26)46(32)37(48)50-39(4,5)6/h7-14,20,25-26,29-32H,15-18H2,1-6H3,(H,41,43)(H,42,44)/t25-,26+,29-,30+,31+,32-/m0/s1. The lowest BCUT2D eigenvalue weighted by Crippen LogP contribution is -2.38. The smallest absolute Gasteiger partial charge is 0.411 e. The van der Waals surface area contributed by atoms with Crippen molar-refractivity contribution >= 4 is 12.2 Å². The summed E-state index contributed by atoms with van der Waals surface area (Å²) in [5, 5.41) is 9.96. The Morgan fingerprint density at radius 3 is 1.70 bits per heavy atom. The highest BCUT2D eigenvalue weighted by molar-refractivity contribution is 5.74. The first-order valence-electron chi connectivity index (χ1n) is 17.5. The number of H-pyrrole nitrogens is 2. The topological polar surface area (TPSA) is 140 Å². The van der Waals surface area contributed by atoms with Crippen molar-refractivity contribution in [3.63, 3.8) is 0 Å². The number of nitrogens with one attached hydrogen (secondary N) is 2. The zero-order valence-corrected chi connectivity index (χ0v) is 29.4. The lowest BCUT2D eigenvalue weighted by atomic mass is 10.0. The number of imidazole rings is 2. The molecule has 2 amide bonds. The molecule has 2 N–H and O–H groups in total. The van der Waals surface area contributed by atoms with E-state index < -0.39 is 11.2 Å². The van der Waals surface area contributed by atoms with Gasteiger partial charge in [-0.2, -0.15) is 5.26 Å². The summed E-state index contributed by atoms with van der Waals surface area (Å²) < 4.78 is 11.4. The molecule has 4 fully saturated rings. The number of nitriles is 1. The third kappa shape index (κ3) is 6.01. The summed E-state index contributed by atoms with van der Waals surface area (Å²) >= 11 is 0. The van der Waals surface area contributed by atoms with E-state index in [1.807, 2.05) is 81.8 Å². The van der Waals surface area contributed by atoms with E-state index in [0.717, 1.165) is 59.5 Å². The molecule has 0 bridgehead atoms. The molecule has 4 heterocycles. The van der Waals surface area contributed by atoms with Crippen LogP contribution in [0, 0.1) is 23.2 Å². The number of fused-ring (bicyclic) bond motifs is 2. The molecule has 2 aliphatic carbocycles. The maximum absolute atomic E-state index is 13.1.